The van der Waals surface area contributed by atoms with E-state index in [0.717, 1.165) is 16.7 Å². The van der Waals surface area contributed by atoms with Crippen molar-refractivity contribution >= 4 is 28.9 Å². The molecule has 3 heterocycles. The Bertz CT molecular complexity index is 1900. The Morgan fingerprint density at radius 1 is 0.896 bits per heavy atom. The van der Waals surface area contributed by atoms with Gasteiger partial charge in [-0.15, -0.1) is 0 Å². The molecule has 0 spiro atoms. The molecule has 3 aromatic carbocycles. The van der Waals surface area contributed by atoms with Gasteiger partial charge < -0.3 is 24.0 Å². The summed E-state index contributed by atoms with van der Waals surface area (Å²) in [5, 5.41) is 0.149. The quantitative estimate of drug-likeness (QED) is 0.212. The van der Waals surface area contributed by atoms with E-state index >= 15 is 0 Å². The number of piperidine rings is 1. The normalized spacial score (nSPS) is 16.9. The smallest absolute Gasteiger partial charge is 0.332 e. The summed E-state index contributed by atoms with van der Waals surface area (Å²) < 4.78 is 46.3. The summed E-state index contributed by atoms with van der Waals surface area (Å²) in [5.41, 5.74) is 0.581. The number of hydrogen-bond acceptors (Lipinski definition) is 7. The van der Waals surface area contributed by atoms with E-state index in [0.29, 0.717) is 61.5 Å². The number of carbonyl (C=O) groups is 2. The van der Waals surface area contributed by atoms with Crippen molar-refractivity contribution in [2.75, 3.05) is 45.0 Å². The molecular weight excluding hydrogens is 626 g/mol. The van der Waals surface area contributed by atoms with Gasteiger partial charge in [-0.05, 0) is 60.9 Å². The highest BCUT2D eigenvalue weighted by Crippen LogP contribution is 2.32. The lowest BCUT2D eigenvalue weighted by atomic mass is 10.0. The molecule has 13 heteroatoms. The maximum Gasteiger partial charge on any atom is 0.332 e. The summed E-state index contributed by atoms with van der Waals surface area (Å²) in [7, 11) is 1.46. The van der Waals surface area contributed by atoms with Gasteiger partial charge in [-0.25, -0.2) is 13.6 Å². The zero-order valence-corrected chi connectivity index (χ0v) is 26.4. The molecule has 2 fully saturated rings. The summed E-state index contributed by atoms with van der Waals surface area (Å²) >= 11 is 0. The predicted octanol–water partition coefficient (Wildman–Crippen LogP) is 3.88. The molecule has 0 N–H and O–H groups in total. The number of nitrogens with zero attached hydrogens (tertiary/aromatic N) is 4. The first-order valence-electron chi connectivity index (χ1n) is 15.8. The van der Waals surface area contributed by atoms with Crippen molar-refractivity contribution in [2.24, 2.45) is 0 Å². The minimum atomic E-state index is -1.32. The largest absolute Gasteiger partial charge is 0.493 e. The average molecular weight is 663 g/mol. The average Bonchev–Trinajstić information content (AvgIpc) is 3.49. The van der Waals surface area contributed by atoms with E-state index in [1.54, 1.807) is 38.6 Å². The number of aromatic nitrogens is 2. The number of halogens is 2. The fourth-order valence-electron chi connectivity index (χ4n) is 6.34. The Kier molecular flexibility index (Phi) is 9.74. The first-order valence-corrected chi connectivity index (χ1v) is 15.8. The van der Waals surface area contributed by atoms with Gasteiger partial charge in [0.25, 0.3) is 11.5 Å². The van der Waals surface area contributed by atoms with E-state index in [9.17, 15) is 28.0 Å². The van der Waals surface area contributed by atoms with E-state index in [1.165, 1.54) is 19.2 Å². The number of ether oxygens (including phenoxy) is 3. The van der Waals surface area contributed by atoms with Crippen LogP contribution in [0.25, 0.3) is 10.9 Å². The van der Waals surface area contributed by atoms with Crippen molar-refractivity contribution in [1.82, 2.24) is 14.0 Å². The molecule has 2 saturated heterocycles. The number of fused-ring (bicyclic) bond motifs is 1. The Morgan fingerprint density at radius 2 is 1.65 bits per heavy atom. The van der Waals surface area contributed by atoms with Crippen LogP contribution >= 0.6 is 0 Å². The van der Waals surface area contributed by atoms with Crippen molar-refractivity contribution in [2.45, 2.75) is 44.1 Å². The first kappa shape index (κ1) is 32.7. The van der Waals surface area contributed by atoms with Crippen LogP contribution in [0.4, 0.5) is 14.5 Å². The molecule has 2 aliphatic rings. The van der Waals surface area contributed by atoms with E-state index in [4.69, 9.17) is 14.2 Å². The Labute approximate surface area is 274 Å². The van der Waals surface area contributed by atoms with Crippen molar-refractivity contribution < 1.29 is 32.6 Å². The van der Waals surface area contributed by atoms with E-state index in [1.807, 2.05) is 30.3 Å². The molecule has 1 aromatic heterocycles. The Balaban J connectivity index is 1.32. The van der Waals surface area contributed by atoms with Gasteiger partial charge in [0.05, 0.1) is 24.6 Å². The van der Waals surface area contributed by atoms with Gasteiger partial charge in [0.15, 0.2) is 23.7 Å². The van der Waals surface area contributed by atoms with Crippen molar-refractivity contribution in [1.29, 1.82) is 0 Å². The summed E-state index contributed by atoms with van der Waals surface area (Å²) in [6, 6.07) is 18.5. The van der Waals surface area contributed by atoms with Crippen LogP contribution in [-0.2, 0) is 16.1 Å². The first-order chi connectivity index (χ1) is 23.3. The Morgan fingerprint density at radius 3 is 2.33 bits per heavy atom. The van der Waals surface area contributed by atoms with Crippen molar-refractivity contribution in [3.8, 4) is 17.2 Å². The van der Waals surface area contributed by atoms with Gasteiger partial charge in [0.2, 0.25) is 6.41 Å². The summed E-state index contributed by atoms with van der Waals surface area (Å²) in [6.45, 7) is -0.812. The molecule has 0 bridgehead atoms. The number of para-hydroxylation sites is 1. The molecule has 0 radical (unpaired) electrons. The fourth-order valence-corrected chi connectivity index (χ4v) is 6.34. The van der Waals surface area contributed by atoms with Crippen LogP contribution in [0.15, 0.2) is 76.3 Å². The van der Waals surface area contributed by atoms with Gasteiger partial charge in [-0.1, -0.05) is 24.3 Å². The fraction of sp³-hybridized carbons (Fsp3) is 0.371. The molecule has 2 aliphatic heterocycles. The highest BCUT2D eigenvalue weighted by Gasteiger charge is 2.35. The molecule has 0 saturated carbocycles. The lowest BCUT2D eigenvalue weighted by molar-refractivity contribution is -0.123. The van der Waals surface area contributed by atoms with Crippen LogP contribution < -0.4 is 30.4 Å². The lowest BCUT2D eigenvalue weighted by Gasteiger charge is -2.31. The molecule has 1 unspecified atom stereocenters. The van der Waals surface area contributed by atoms with E-state index in [2.05, 4.69) is 0 Å². The monoisotopic (exact) mass is 662 g/mol. The SMILES string of the molecule is COc1cc(Cn2c(=O)c3cc(OC(CF)CF)ccc3n(C3CCN(C=O)CC3)c2=O)ccc1OC1CCN(c2ccccc2)C1=O. The third-order valence-corrected chi connectivity index (χ3v) is 8.86. The minimum Gasteiger partial charge on any atom is -0.493 e. The second-order valence-electron chi connectivity index (χ2n) is 11.8. The maximum absolute atomic E-state index is 14.1. The van der Waals surface area contributed by atoms with Crippen LogP contribution in [-0.4, -0.2) is 78.7 Å². The molecule has 48 heavy (non-hydrogen) atoms. The Hall–Kier alpha value is -5.20. The third kappa shape index (κ3) is 6.49. The highest BCUT2D eigenvalue weighted by atomic mass is 19.1. The molecule has 6 rings (SSSR count). The van der Waals surface area contributed by atoms with Crippen molar-refractivity contribution in [3.05, 3.63) is 93.1 Å². The molecule has 11 nitrogen and oxygen atoms in total. The zero-order valence-electron chi connectivity index (χ0n) is 26.4. The zero-order chi connectivity index (χ0) is 33.8. The molecule has 252 valence electrons. The second kappa shape index (κ2) is 14.3. The molecule has 2 amide bonds. The van der Waals surface area contributed by atoms with Gasteiger partial charge in [-0.2, -0.15) is 0 Å². The van der Waals surface area contributed by atoms with Crippen LogP contribution in [0, 0.1) is 0 Å². The molecule has 4 aromatic rings. The number of methoxy groups -OCH3 is 1. The third-order valence-electron chi connectivity index (χ3n) is 8.86. The van der Waals surface area contributed by atoms with E-state index in [-0.39, 0.29) is 29.6 Å². The number of likely N-dealkylation sites (tertiary alicyclic amines) is 1. The minimum absolute atomic E-state index is 0.0999. The van der Waals surface area contributed by atoms with Gasteiger partial charge in [0.1, 0.15) is 19.1 Å². The van der Waals surface area contributed by atoms with Crippen LogP contribution in [0.1, 0.15) is 30.9 Å². The number of amides is 2. The second-order valence-corrected chi connectivity index (χ2v) is 11.8. The number of hydrogen-bond donors (Lipinski definition) is 0. The standard InChI is InChI=1S/C35H36F2N4O7/c1-46-32-17-23(7-10-30(32)48-31-13-16-39(34(31)44)24-5-3-2-4-6-24)21-40-33(43)28-18-26(47-27(19-36)20-37)8-9-29(28)41(35(40)45)25-11-14-38(22-42)15-12-25/h2-10,17-18,22,25,27,31H,11-16,19-21H2,1H3. The number of anilines is 1. The lowest BCUT2D eigenvalue weighted by Crippen LogP contribution is -2.44. The molecule has 1 atom stereocenters. The number of rotatable bonds is 12. The van der Waals surface area contributed by atoms with Gasteiger partial charge >= 0.3 is 5.69 Å². The molecule has 0 aliphatic carbocycles. The number of benzene rings is 3. The van der Waals surface area contributed by atoms with Crippen LogP contribution in [0.2, 0.25) is 0 Å². The highest BCUT2D eigenvalue weighted by molar-refractivity contribution is 5.99. The van der Waals surface area contributed by atoms with Crippen LogP contribution in [0.5, 0.6) is 17.2 Å². The van der Waals surface area contributed by atoms with Gasteiger partial charge in [0, 0.05) is 37.8 Å². The summed E-state index contributed by atoms with van der Waals surface area (Å²) in [4.78, 5) is 55.7. The predicted molar refractivity (Wildman–Crippen MR) is 175 cm³/mol. The summed E-state index contributed by atoms with van der Waals surface area (Å²) in [5.74, 6) is 0.606. The van der Waals surface area contributed by atoms with Crippen molar-refractivity contribution in [3.63, 3.8) is 0 Å². The number of alkyl halides is 2. The summed E-state index contributed by atoms with van der Waals surface area (Å²) in [6.07, 6.45) is 0.222. The van der Waals surface area contributed by atoms with Gasteiger partial charge in [-0.3, -0.25) is 23.5 Å². The number of carbonyl (C=O) groups excluding carboxylic acids is 2. The maximum atomic E-state index is 14.1. The topological polar surface area (TPSA) is 112 Å². The van der Waals surface area contributed by atoms with Crippen LogP contribution in [0.3, 0.4) is 0 Å². The molecular formula is C35H36F2N4O7. The van der Waals surface area contributed by atoms with E-state index < -0.39 is 36.8 Å².